The lowest BCUT2D eigenvalue weighted by atomic mass is 10.1. The van der Waals surface area contributed by atoms with Crippen LogP contribution in [0.5, 0.6) is 0 Å². The minimum Gasteiger partial charge on any atom is -0.462 e. The third-order valence-corrected chi connectivity index (χ3v) is 16.8. The Morgan fingerprint density at radius 2 is 0.543 bits per heavy atom. The topological polar surface area (TPSA) is 237 Å². The van der Waals surface area contributed by atoms with E-state index in [0.29, 0.717) is 25.7 Å². The molecule has 542 valence electrons. The zero-order chi connectivity index (χ0) is 69.0. The number of phosphoric ester groups is 2. The number of hydrogen-bond donors (Lipinski definition) is 3. The van der Waals surface area contributed by atoms with Gasteiger partial charge in [0, 0.05) is 25.7 Å². The Labute approximate surface area is 569 Å². The predicted octanol–water partition coefficient (Wildman–Crippen LogP) is 20.4. The highest BCUT2D eigenvalue weighted by atomic mass is 31.2. The third-order valence-electron chi connectivity index (χ3n) is 14.9. The van der Waals surface area contributed by atoms with Crippen molar-refractivity contribution in [1.82, 2.24) is 0 Å². The number of hydrogen-bond acceptors (Lipinski definition) is 15. The maximum Gasteiger partial charge on any atom is 0.472 e. The smallest absolute Gasteiger partial charge is 0.462 e. The third kappa shape index (κ3) is 66.6. The second-order valence-electron chi connectivity index (χ2n) is 24.2. The number of ether oxygens (including phenoxy) is 4. The van der Waals surface area contributed by atoms with Crippen LogP contribution < -0.4 is 0 Å². The molecule has 0 aliphatic carbocycles. The molecule has 0 aromatic rings. The van der Waals surface area contributed by atoms with Crippen molar-refractivity contribution in [2.75, 3.05) is 39.6 Å². The summed E-state index contributed by atoms with van der Waals surface area (Å²) in [6, 6.07) is 0. The Balaban J connectivity index is 5.36. The van der Waals surface area contributed by atoms with Crippen LogP contribution in [0.1, 0.15) is 297 Å². The molecule has 5 atom stereocenters. The van der Waals surface area contributed by atoms with Gasteiger partial charge in [0.2, 0.25) is 0 Å². The molecular weight excluding hydrogens is 1230 g/mol. The van der Waals surface area contributed by atoms with Gasteiger partial charge < -0.3 is 33.8 Å². The van der Waals surface area contributed by atoms with Crippen LogP contribution >= 0.6 is 15.6 Å². The van der Waals surface area contributed by atoms with E-state index in [1.165, 1.54) is 19.3 Å². The number of carbonyl (C=O) groups excluding carboxylic acids is 4. The van der Waals surface area contributed by atoms with Gasteiger partial charge in [-0.1, -0.05) is 234 Å². The average Bonchev–Trinajstić information content (AvgIpc) is 2.45. The highest BCUT2D eigenvalue weighted by molar-refractivity contribution is 7.47. The van der Waals surface area contributed by atoms with Gasteiger partial charge in [-0.15, -0.1) is 0 Å². The van der Waals surface area contributed by atoms with Crippen LogP contribution in [0.25, 0.3) is 0 Å². The summed E-state index contributed by atoms with van der Waals surface area (Å²) in [7, 11) is -9.95. The molecule has 0 rings (SSSR count). The van der Waals surface area contributed by atoms with Crippen molar-refractivity contribution in [2.24, 2.45) is 0 Å². The van der Waals surface area contributed by atoms with E-state index in [4.69, 9.17) is 37.0 Å². The molecule has 0 amide bonds. The summed E-state index contributed by atoms with van der Waals surface area (Å²) in [5.41, 5.74) is 0. The number of allylic oxidation sites excluding steroid dienone is 16. The van der Waals surface area contributed by atoms with Crippen molar-refractivity contribution < 1.29 is 80.2 Å². The van der Waals surface area contributed by atoms with Crippen molar-refractivity contribution in [1.29, 1.82) is 0 Å². The van der Waals surface area contributed by atoms with E-state index in [1.54, 1.807) is 0 Å². The monoisotopic (exact) mass is 1360 g/mol. The first kappa shape index (κ1) is 90.0. The lowest BCUT2D eigenvalue weighted by molar-refractivity contribution is -0.161. The first-order valence-corrected chi connectivity index (χ1v) is 39.5. The van der Waals surface area contributed by atoms with Crippen LogP contribution in [0.2, 0.25) is 0 Å². The number of phosphoric acid groups is 2. The summed E-state index contributed by atoms with van der Waals surface area (Å²) >= 11 is 0. The van der Waals surface area contributed by atoms with Gasteiger partial charge in [-0.2, -0.15) is 0 Å². The van der Waals surface area contributed by atoms with E-state index in [9.17, 15) is 43.2 Å². The Hall–Kier alpha value is -4.02. The van der Waals surface area contributed by atoms with Crippen LogP contribution in [0.3, 0.4) is 0 Å². The Morgan fingerprint density at radius 1 is 0.298 bits per heavy atom. The van der Waals surface area contributed by atoms with Crippen LogP contribution in [0.4, 0.5) is 0 Å². The van der Waals surface area contributed by atoms with Crippen molar-refractivity contribution in [3.63, 3.8) is 0 Å². The van der Waals surface area contributed by atoms with Crippen LogP contribution in [0, 0.1) is 0 Å². The molecule has 0 spiro atoms. The molecular formula is C75H130O17P2. The van der Waals surface area contributed by atoms with E-state index < -0.39 is 97.5 Å². The summed E-state index contributed by atoms with van der Waals surface area (Å²) in [4.78, 5) is 72.7. The minimum atomic E-state index is -4.98. The molecule has 3 N–H and O–H groups in total. The molecule has 0 fully saturated rings. The SMILES string of the molecule is CCC/C=C\C/C=C\CCCCCCCC(=O)OCC(COP(=O)(O)OCC(O)COP(=O)(O)OCC(COC(=O)CCCCCCC/C=C\C/C=C\CCCCC)OC(=O)CCCCCCC/C=C\C/C=C\CCC)OC(=O)CCCCCCC/C=C\C/C=C\CCC. The molecule has 0 aromatic carbocycles. The van der Waals surface area contributed by atoms with Gasteiger partial charge in [0.25, 0.3) is 0 Å². The highest BCUT2D eigenvalue weighted by Crippen LogP contribution is 2.45. The summed E-state index contributed by atoms with van der Waals surface area (Å²) in [6.45, 7) is 4.58. The van der Waals surface area contributed by atoms with E-state index in [-0.39, 0.29) is 25.7 Å². The second-order valence-corrected chi connectivity index (χ2v) is 27.1. The molecule has 0 aliphatic heterocycles. The summed E-state index contributed by atoms with van der Waals surface area (Å²) in [5, 5.41) is 10.6. The molecule has 0 heterocycles. The largest absolute Gasteiger partial charge is 0.472 e. The zero-order valence-electron chi connectivity index (χ0n) is 58.9. The first-order valence-electron chi connectivity index (χ1n) is 36.5. The lowest BCUT2D eigenvalue weighted by Crippen LogP contribution is -2.30. The fourth-order valence-corrected chi connectivity index (χ4v) is 10.9. The molecule has 0 saturated heterocycles. The van der Waals surface area contributed by atoms with E-state index in [2.05, 4.69) is 125 Å². The molecule has 0 bridgehead atoms. The molecule has 0 radical (unpaired) electrons. The summed E-state index contributed by atoms with van der Waals surface area (Å²) in [6.07, 6.45) is 68.4. The molecule has 5 unspecified atom stereocenters. The highest BCUT2D eigenvalue weighted by Gasteiger charge is 2.30. The fraction of sp³-hybridized carbons (Fsp3) is 0.733. The van der Waals surface area contributed by atoms with E-state index in [1.807, 2.05) is 0 Å². The maximum atomic E-state index is 13.0. The minimum absolute atomic E-state index is 0.0749. The van der Waals surface area contributed by atoms with Gasteiger partial charge >= 0.3 is 39.5 Å². The molecule has 17 nitrogen and oxygen atoms in total. The van der Waals surface area contributed by atoms with Crippen LogP contribution in [0.15, 0.2) is 97.2 Å². The first-order chi connectivity index (χ1) is 45.7. The standard InChI is InChI=1S/C75H130O17P2/c1-5-9-13-17-21-25-29-33-34-38-40-44-48-52-56-60-73(78)86-66-71(92-75(80)62-58-54-50-46-42-37-32-28-24-20-16-12-8-4)68-90-94(83,84)88-64-69(76)63-87-93(81,82)89-67-70(91-74(79)61-57-53-49-45-41-36-31-27-23-19-15-11-7-3)65-85-72(77)59-55-51-47-43-39-35-30-26-22-18-14-10-6-2/h14-16,18-21,25-28,30-34,69-71,76H,5-13,17,22-24,29,35-68H2,1-4H3,(H,81,82)(H,83,84)/b18-14-,19-15-,20-16-,25-21-,30-26-,31-27-,32-28-,34-33-. The zero-order valence-corrected chi connectivity index (χ0v) is 60.7. The van der Waals surface area contributed by atoms with E-state index >= 15 is 0 Å². The van der Waals surface area contributed by atoms with Gasteiger partial charge in [-0.05, 0) is 135 Å². The number of rotatable bonds is 68. The second kappa shape index (κ2) is 67.5. The van der Waals surface area contributed by atoms with Gasteiger partial charge in [0.05, 0.1) is 26.4 Å². The Bertz CT molecular complexity index is 2170. The average molecular weight is 1370 g/mol. The van der Waals surface area contributed by atoms with Crippen molar-refractivity contribution in [3.8, 4) is 0 Å². The van der Waals surface area contributed by atoms with Gasteiger partial charge in [-0.25, -0.2) is 9.13 Å². The number of carbonyl (C=O) groups is 4. The molecule has 19 heteroatoms. The Kier molecular flexibility index (Phi) is 64.7. The van der Waals surface area contributed by atoms with E-state index in [0.717, 1.165) is 199 Å². The fourth-order valence-electron chi connectivity index (χ4n) is 9.36. The van der Waals surface area contributed by atoms with Crippen LogP contribution in [-0.2, 0) is 65.4 Å². The quantitative estimate of drug-likeness (QED) is 0.0169. The number of aliphatic hydroxyl groups excluding tert-OH is 1. The van der Waals surface area contributed by atoms with Crippen LogP contribution in [-0.4, -0.2) is 96.7 Å². The van der Waals surface area contributed by atoms with Crippen molar-refractivity contribution in [3.05, 3.63) is 97.2 Å². The maximum absolute atomic E-state index is 13.0. The van der Waals surface area contributed by atoms with Gasteiger partial charge in [-0.3, -0.25) is 37.3 Å². The summed E-state index contributed by atoms with van der Waals surface area (Å²) in [5.74, 6) is -2.23. The number of esters is 4. The predicted molar refractivity (Wildman–Crippen MR) is 381 cm³/mol. The lowest BCUT2D eigenvalue weighted by Gasteiger charge is -2.21. The molecule has 0 aliphatic rings. The molecule has 0 aromatic heterocycles. The number of aliphatic hydroxyl groups is 1. The summed E-state index contributed by atoms with van der Waals surface area (Å²) < 4.78 is 68.3. The van der Waals surface area contributed by atoms with Gasteiger partial charge in [0.1, 0.15) is 19.3 Å². The van der Waals surface area contributed by atoms with Crippen molar-refractivity contribution in [2.45, 2.75) is 316 Å². The molecule has 94 heavy (non-hydrogen) atoms. The number of unbranched alkanes of at least 4 members (excludes halogenated alkanes) is 26. The molecule has 0 saturated carbocycles. The normalized spacial score (nSPS) is 14.6. The van der Waals surface area contributed by atoms with Gasteiger partial charge in [0.15, 0.2) is 12.2 Å². The van der Waals surface area contributed by atoms with Crippen molar-refractivity contribution >= 4 is 39.5 Å². The Morgan fingerprint density at radius 3 is 0.830 bits per heavy atom.